The lowest BCUT2D eigenvalue weighted by molar-refractivity contribution is 0.160. The Morgan fingerprint density at radius 3 is 3.04 bits per heavy atom. The van der Waals surface area contributed by atoms with Gasteiger partial charge in [0.2, 0.25) is 0 Å². The molecule has 1 aliphatic heterocycles. The van der Waals surface area contributed by atoms with Gasteiger partial charge in [-0.2, -0.15) is 5.10 Å². The second-order valence-electron chi connectivity index (χ2n) is 6.14. The van der Waals surface area contributed by atoms with Crippen LogP contribution in [0, 0.1) is 5.82 Å². The molecule has 0 aliphatic carbocycles. The Morgan fingerprint density at radius 2 is 2.32 bits per heavy atom. The lowest BCUT2D eigenvalue weighted by Crippen LogP contribution is -2.46. The summed E-state index contributed by atoms with van der Waals surface area (Å²) in [6, 6.07) is 4.02. The van der Waals surface area contributed by atoms with E-state index in [2.05, 4.69) is 15.4 Å². The van der Waals surface area contributed by atoms with E-state index >= 15 is 0 Å². The van der Waals surface area contributed by atoms with Gasteiger partial charge in [0, 0.05) is 13.1 Å². The van der Waals surface area contributed by atoms with Gasteiger partial charge in [0.25, 0.3) is 0 Å². The van der Waals surface area contributed by atoms with Gasteiger partial charge in [-0.15, -0.1) is 0 Å². The van der Waals surface area contributed by atoms with Gasteiger partial charge in [-0.3, -0.25) is 0 Å². The molecule has 25 heavy (non-hydrogen) atoms. The summed E-state index contributed by atoms with van der Waals surface area (Å²) in [6.07, 6.45) is 4.99. The first-order valence-corrected chi connectivity index (χ1v) is 8.32. The number of ether oxygens (including phenoxy) is 1. The summed E-state index contributed by atoms with van der Waals surface area (Å²) in [7, 11) is 1.49. The highest BCUT2D eigenvalue weighted by molar-refractivity contribution is 5.75. The zero-order chi connectivity index (χ0) is 17.8. The number of nitrogens with zero attached hydrogens (tertiary/aromatic N) is 4. The van der Waals surface area contributed by atoms with Gasteiger partial charge in [-0.05, 0) is 31.9 Å². The van der Waals surface area contributed by atoms with Crippen LogP contribution in [0.25, 0.3) is 0 Å². The Bertz CT molecular complexity index is 722. The number of piperidine rings is 1. The molecule has 1 aromatic carbocycles. The maximum absolute atomic E-state index is 14.2. The third-order valence-corrected chi connectivity index (χ3v) is 4.50. The van der Waals surface area contributed by atoms with Crippen LogP contribution in [-0.4, -0.2) is 45.9 Å². The molecule has 2 heterocycles. The average molecular weight is 347 g/mol. The monoisotopic (exact) mass is 347 g/mol. The first-order chi connectivity index (χ1) is 12.1. The van der Waals surface area contributed by atoms with E-state index in [0.29, 0.717) is 24.4 Å². The highest BCUT2D eigenvalue weighted by Crippen LogP contribution is 2.28. The number of methoxy groups -OCH3 is 1. The minimum Gasteiger partial charge on any atom is -0.496 e. The van der Waals surface area contributed by atoms with Gasteiger partial charge < -0.3 is 15.0 Å². The first kappa shape index (κ1) is 17.2. The van der Waals surface area contributed by atoms with Crippen molar-refractivity contribution in [2.24, 2.45) is 0 Å². The van der Waals surface area contributed by atoms with Crippen LogP contribution in [0.1, 0.15) is 37.4 Å². The fourth-order valence-electron chi connectivity index (χ4n) is 3.23. The van der Waals surface area contributed by atoms with Crippen LogP contribution in [0.4, 0.5) is 9.18 Å². The SMILES string of the molecule is COc1cccc(F)c1[C@H](C)NC(=O)N1CCC[C@@H](n2cncn2)C1. The molecule has 2 aromatic rings. The van der Waals surface area contributed by atoms with Crippen LogP contribution in [0.2, 0.25) is 0 Å². The molecule has 7 nitrogen and oxygen atoms in total. The van der Waals surface area contributed by atoms with Crippen molar-refractivity contribution in [1.82, 2.24) is 25.0 Å². The summed E-state index contributed by atoms with van der Waals surface area (Å²) in [4.78, 5) is 18.3. The number of urea groups is 1. The quantitative estimate of drug-likeness (QED) is 0.922. The molecule has 1 N–H and O–H groups in total. The number of carbonyl (C=O) groups excluding carboxylic acids is 1. The molecule has 0 radical (unpaired) electrons. The summed E-state index contributed by atoms with van der Waals surface area (Å²) in [5.41, 5.74) is 0.350. The Balaban J connectivity index is 1.67. The zero-order valence-electron chi connectivity index (χ0n) is 14.4. The molecule has 134 valence electrons. The largest absolute Gasteiger partial charge is 0.496 e. The van der Waals surface area contributed by atoms with Crippen molar-refractivity contribution >= 4 is 6.03 Å². The lowest BCUT2D eigenvalue weighted by Gasteiger charge is -2.33. The minimum atomic E-state index is -0.504. The van der Waals surface area contributed by atoms with Crippen LogP contribution >= 0.6 is 0 Å². The number of benzene rings is 1. The van der Waals surface area contributed by atoms with Crippen molar-refractivity contribution in [1.29, 1.82) is 0 Å². The van der Waals surface area contributed by atoms with Crippen molar-refractivity contribution in [3.05, 3.63) is 42.2 Å². The molecule has 0 unspecified atom stereocenters. The predicted molar refractivity (Wildman–Crippen MR) is 89.8 cm³/mol. The molecule has 2 atom stereocenters. The molecular formula is C17H22FN5O2. The van der Waals surface area contributed by atoms with Crippen LogP contribution in [0.3, 0.4) is 0 Å². The Hall–Kier alpha value is -2.64. The number of carbonyl (C=O) groups is 1. The highest BCUT2D eigenvalue weighted by Gasteiger charge is 2.27. The molecule has 0 spiro atoms. The Morgan fingerprint density at radius 1 is 1.48 bits per heavy atom. The molecule has 8 heteroatoms. The number of hydrogen-bond acceptors (Lipinski definition) is 4. The van der Waals surface area contributed by atoms with Gasteiger partial charge in [-0.1, -0.05) is 6.07 Å². The van der Waals surface area contributed by atoms with Crippen molar-refractivity contribution in [3.63, 3.8) is 0 Å². The lowest BCUT2D eigenvalue weighted by atomic mass is 10.1. The predicted octanol–water partition coefficient (Wildman–Crippen LogP) is 2.53. The van der Waals surface area contributed by atoms with E-state index in [4.69, 9.17) is 4.74 Å². The standard InChI is InChI=1S/C17H22FN5O2/c1-12(16-14(18)6-3-7-15(16)25-2)21-17(24)22-8-4-5-13(9-22)23-11-19-10-20-23/h3,6-7,10-13H,4-5,8-9H2,1-2H3,(H,21,24)/t12-,13+/m0/s1. The van der Waals surface area contributed by atoms with Crippen molar-refractivity contribution in [2.45, 2.75) is 31.8 Å². The number of rotatable bonds is 4. The number of likely N-dealkylation sites (tertiary alicyclic amines) is 1. The van der Waals surface area contributed by atoms with Gasteiger partial charge >= 0.3 is 6.03 Å². The van der Waals surface area contributed by atoms with E-state index in [0.717, 1.165) is 12.8 Å². The molecule has 1 fully saturated rings. The summed E-state index contributed by atoms with van der Waals surface area (Å²) in [5, 5.41) is 7.03. The third kappa shape index (κ3) is 3.72. The molecule has 1 aromatic heterocycles. The van der Waals surface area contributed by atoms with Crippen LogP contribution in [-0.2, 0) is 0 Å². The summed E-state index contributed by atoms with van der Waals surface area (Å²) in [6.45, 7) is 2.96. The van der Waals surface area contributed by atoms with E-state index in [-0.39, 0.29) is 12.1 Å². The molecule has 3 rings (SSSR count). The number of halogens is 1. The van der Waals surface area contributed by atoms with Crippen LogP contribution in [0.15, 0.2) is 30.9 Å². The molecule has 1 aliphatic rings. The molecule has 0 bridgehead atoms. The van der Waals surface area contributed by atoms with Crippen LogP contribution in [0.5, 0.6) is 5.75 Å². The van der Waals surface area contributed by atoms with Gasteiger partial charge in [-0.25, -0.2) is 18.9 Å². The van der Waals surface area contributed by atoms with Crippen molar-refractivity contribution < 1.29 is 13.9 Å². The zero-order valence-corrected chi connectivity index (χ0v) is 14.4. The van der Waals surface area contributed by atoms with E-state index in [1.807, 2.05) is 0 Å². The van der Waals surface area contributed by atoms with E-state index in [1.165, 1.54) is 19.5 Å². The number of amides is 2. The minimum absolute atomic E-state index is 0.111. The second-order valence-corrected chi connectivity index (χ2v) is 6.14. The fraction of sp³-hybridized carbons (Fsp3) is 0.471. The molecule has 2 amide bonds. The topological polar surface area (TPSA) is 72.3 Å². The Kier molecular flexibility index (Phi) is 5.16. The second kappa shape index (κ2) is 7.50. The van der Waals surface area contributed by atoms with Gasteiger partial charge in [0.05, 0.1) is 24.8 Å². The van der Waals surface area contributed by atoms with E-state index in [9.17, 15) is 9.18 Å². The molecule has 1 saturated heterocycles. The number of hydrogen-bond donors (Lipinski definition) is 1. The van der Waals surface area contributed by atoms with Gasteiger partial charge in [0.15, 0.2) is 0 Å². The Labute approximate surface area is 145 Å². The summed E-state index contributed by atoms with van der Waals surface area (Å²) >= 11 is 0. The molecule has 0 saturated carbocycles. The summed E-state index contributed by atoms with van der Waals surface area (Å²) < 4.78 is 21.2. The van der Waals surface area contributed by atoms with Crippen molar-refractivity contribution in [2.75, 3.05) is 20.2 Å². The summed E-state index contributed by atoms with van der Waals surface area (Å²) in [5.74, 6) is 0.0261. The number of nitrogens with one attached hydrogen (secondary N) is 1. The van der Waals surface area contributed by atoms with Gasteiger partial charge in [0.1, 0.15) is 24.2 Å². The van der Waals surface area contributed by atoms with Crippen molar-refractivity contribution in [3.8, 4) is 5.75 Å². The maximum atomic E-state index is 14.2. The number of aromatic nitrogens is 3. The smallest absolute Gasteiger partial charge is 0.317 e. The highest BCUT2D eigenvalue weighted by atomic mass is 19.1. The van der Waals surface area contributed by atoms with E-state index < -0.39 is 11.9 Å². The van der Waals surface area contributed by atoms with Crippen LogP contribution < -0.4 is 10.1 Å². The fourth-order valence-corrected chi connectivity index (χ4v) is 3.23. The average Bonchev–Trinajstić information content (AvgIpc) is 3.16. The normalized spacial score (nSPS) is 18.7. The maximum Gasteiger partial charge on any atom is 0.317 e. The first-order valence-electron chi connectivity index (χ1n) is 8.32. The third-order valence-electron chi connectivity index (χ3n) is 4.50. The van der Waals surface area contributed by atoms with E-state index in [1.54, 1.807) is 35.0 Å². The molecular weight excluding hydrogens is 325 g/mol.